The summed E-state index contributed by atoms with van der Waals surface area (Å²) in [4.78, 5) is 12.5. The molecule has 37 heavy (non-hydrogen) atoms. The van der Waals surface area contributed by atoms with Crippen LogP contribution in [0.1, 0.15) is 34.3 Å². The zero-order valence-corrected chi connectivity index (χ0v) is 23.4. The maximum atomic E-state index is 12.5. The van der Waals surface area contributed by atoms with Gasteiger partial charge in [0.05, 0.1) is 28.0 Å². The van der Waals surface area contributed by atoms with E-state index >= 15 is 0 Å². The maximum Gasteiger partial charge on any atom is 0.253 e. The van der Waals surface area contributed by atoms with Crippen LogP contribution in [0, 0.1) is 5.92 Å². The van der Waals surface area contributed by atoms with Crippen molar-refractivity contribution in [3.8, 4) is 11.3 Å². The van der Waals surface area contributed by atoms with Crippen LogP contribution in [-0.2, 0) is 24.1 Å². The fourth-order valence-corrected chi connectivity index (χ4v) is 5.54. The van der Waals surface area contributed by atoms with Crippen LogP contribution in [-0.4, -0.2) is 30.8 Å². The molecule has 0 radical (unpaired) electrons. The Hall–Kier alpha value is -2.43. The number of pyridine rings is 1. The molecule has 1 amide bonds. The molecule has 1 saturated carbocycles. The Labute approximate surface area is 235 Å². The van der Waals surface area contributed by atoms with Gasteiger partial charge in [-0.05, 0) is 89.0 Å². The third kappa shape index (κ3) is 5.71. The van der Waals surface area contributed by atoms with Gasteiger partial charge in [-0.2, -0.15) is 5.10 Å². The maximum absolute atomic E-state index is 12.5. The lowest BCUT2D eigenvalue weighted by molar-refractivity contribution is 0.100. The minimum absolute atomic E-state index is 0.214. The van der Waals surface area contributed by atoms with Crippen LogP contribution in [0.4, 0.5) is 5.69 Å². The topological polar surface area (TPSA) is 104 Å². The van der Waals surface area contributed by atoms with Crippen molar-refractivity contribution in [2.24, 2.45) is 11.7 Å². The molecule has 192 valence electrons. The molecule has 2 heterocycles. The summed E-state index contributed by atoms with van der Waals surface area (Å²) in [6.07, 6.45) is 5.00. The number of hydrogen-bond donors (Lipinski definition) is 1. The largest absolute Gasteiger partial charge is 0.755 e. The van der Waals surface area contributed by atoms with Crippen LogP contribution in [0.15, 0.2) is 59.2 Å². The number of nitrogens with two attached hydrogens (primary N) is 1. The molecule has 1 unspecified atom stereocenters. The fourth-order valence-electron chi connectivity index (χ4n) is 4.40. The minimum Gasteiger partial charge on any atom is -0.755 e. The first-order chi connectivity index (χ1) is 17.7. The summed E-state index contributed by atoms with van der Waals surface area (Å²) in [6, 6.07) is 14.4. The van der Waals surface area contributed by atoms with E-state index in [0.29, 0.717) is 51.3 Å². The van der Waals surface area contributed by atoms with Gasteiger partial charge in [-0.1, -0.05) is 41.4 Å². The number of halogens is 3. The number of hydrogen-bond acceptors (Lipinski definition) is 4. The lowest BCUT2D eigenvalue weighted by atomic mass is 10.0. The number of primary amides is 1. The number of benzene rings is 2. The van der Waals surface area contributed by atoms with Crippen molar-refractivity contribution >= 4 is 67.5 Å². The van der Waals surface area contributed by atoms with E-state index in [-0.39, 0.29) is 12.1 Å². The van der Waals surface area contributed by atoms with Gasteiger partial charge in [0.15, 0.2) is 0 Å². The van der Waals surface area contributed by atoms with Crippen LogP contribution in [0.25, 0.3) is 16.8 Å². The fraction of sp³-hybridized carbons (Fsp3) is 0.231. The molecule has 7 nitrogen and oxygen atoms in total. The average molecular weight is 621 g/mol. The number of nitrogens with zero attached hydrogens (tertiary/aromatic N) is 3. The molecule has 2 N–H and O–H groups in total. The Bertz CT molecular complexity index is 1520. The lowest BCUT2D eigenvalue weighted by Crippen LogP contribution is -2.29. The second kappa shape index (κ2) is 10.7. The normalized spacial score (nSPS) is 14.2. The van der Waals surface area contributed by atoms with Gasteiger partial charge >= 0.3 is 0 Å². The Balaban J connectivity index is 1.60. The molecule has 0 spiro atoms. The molecule has 0 saturated heterocycles. The summed E-state index contributed by atoms with van der Waals surface area (Å²) in [5.41, 5.74) is 9.98. The summed E-state index contributed by atoms with van der Waals surface area (Å²) in [7, 11) is 0. The Morgan fingerprint density at radius 2 is 1.92 bits per heavy atom. The summed E-state index contributed by atoms with van der Waals surface area (Å²) in [5, 5.41) is 5.76. The van der Waals surface area contributed by atoms with Crippen LogP contribution < -0.4 is 10.0 Å². The van der Waals surface area contributed by atoms with Gasteiger partial charge in [-0.25, -0.2) is 4.52 Å². The number of rotatable bonds is 9. The molecule has 0 aliphatic heterocycles. The van der Waals surface area contributed by atoms with E-state index in [9.17, 15) is 13.6 Å². The molecular formula is C26H22BrCl2N4O3S-. The monoisotopic (exact) mass is 619 g/mol. The molecule has 1 aliphatic rings. The number of amides is 1. The van der Waals surface area contributed by atoms with E-state index in [1.807, 2.05) is 24.3 Å². The second-order valence-electron chi connectivity index (χ2n) is 9.07. The summed E-state index contributed by atoms with van der Waals surface area (Å²) >= 11 is 13.1. The smallest absolute Gasteiger partial charge is 0.253 e. The highest BCUT2D eigenvalue weighted by Crippen LogP contribution is 2.38. The van der Waals surface area contributed by atoms with Crippen molar-refractivity contribution in [1.29, 1.82) is 0 Å². The van der Waals surface area contributed by atoms with E-state index in [1.54, 1.807) is 30.5 Å². The van der Waals surface area contributed by atoms with Gasteiger partial charge in [-0.15, -0.1) is 0 Å². The SMILES string of the molecule is NC(=O)c1c(-c2ccc(Cl)cc2)nn2cc(N(CCc3ccc(Br)c(Cl)c3)S(=O)[O-])c(CC3CC3)cc12. The molecule has 2 aromatic heterocycles. The zero-order chi connectivity index (χ0) is 26.3. The van der Waals surface area contributed by atoms with E-state index in [1.165, 1.54) is 8.82 Å². The van der Waals surface area contributed by atoms with Crippen LogP contribution in [0.5, 0.6) is 0 Å². The van der Waals surface area contributed by atoms with Crippen LogP contribution >= 0.6 is 39.1 Å². The van der Waals surface area contributed by atoms with Gasteiger partial charge < -0.3 is 14.6 Å². The van der Waals surface area contributed by atoms with Gasteiger partial charge in [0, 0.05) is 32.9 Å². The molecule has 11 heteroatoms. The Morgan fingerprint density at radius 3 is 2.54 bits per heavy atom. The van der Waals surface area contributed by atoms with Gasteiger partial charge in [0.2, 0.25) is 0 Å². The summed E-state index contributed by atoms with van der Waals surface area (Å²) in [5.74, 6) is -0.134. The molecule has 0 bridgehead atoms. The first-order valence-corrected chi connectivity index (χ1v) is 14.2. The highest BCUT2D eigenvalue weighted by atomic mass is 79.9. The van der Waals surface area contributed by atoms with E-state index < -0.39 is 17.2 Å². The molecule has 1 fully saturated rings. The molecule has 2 aromatic carbocycles. The Morgan fingerprint density at radius 1 is 1.19 bits per heavy atom. The molecule has 1 atom stereocenters. The predicted octanol–water partition coefficient (Wildman–Crippen LogP) is 5.97. The average Bonchev–Trinajstić information content (AvgIpc) is 3.59. The standard InChI is InChI=1S/C26H23BrCl2N4O3S/c27-20-8-3-16(12-21(20)29)9-10-33(37(35)36)23-14-32-22(13-18(23)11-15-1-2-15)24(26(30)34)25(31-32)17-4-6-19(28)7-5-17/h3-8,12-15H,1-2,9-11H2,(H2,30,34)(H,35,36)/p-1. The van der Waals surface area contributed by atoms with E-state index in [4.69, 9.17) is 28.9 Å². The van der Waals surface area contributed by atoms with Crippen molar-refractivity contribution in [3.05, 3.63) is 85.9 Å². The second-order valence-corrected chi connectivity index (χ2v) is 11.6. The highest BCUT2D eigenvalue weighted by Gasteiger charge is 2.27. The lowest BCUT2D eigenvalue weighted by Gasteiger charge is -2.28. The zero-order valence-electron chi connectivity index (χ0n) is 19.5. The quantitative estimate of drug-likeness (QED) is 0.233. The highest BCUT2D eigenvalue weighted by molar-refractivity contribution is 9.10. The number of aromatic nitrogens is 2. The predicted molar refractivity (Wildman–Crippen MR) is 150 cm³/mol. The first kappa shape index (κ1) is 26.2. The number of carbonyl (C=O) groups excluding carboxylic acids is 1. The molecule has 1 aliphatic carbocycles. The van der Waals surface area contributed by atoms with E-state index in [0.717, 1.165) is 28.4 Å². The van der Waals surface area contributed by atoms with Crippen LogP contribution in [0.2, 0.25) is 10.0 Å². The van der Waals surface area contributed by atoms with Crippen molar-refractivity contribution < 1.29 is 13.6 Å². The molecule has 5 rings (SSSR count). The third-order valence-electron chi connectivity index (χ3n) is 6.44. The number of anilines is 1. The molecular weight excluding hydrogens is 599 g/mol. The van der Waals surface area contributed by atoms with Crippen molar-refractivity contribution in [2.45, 2.75) is 25.7 Å². The van der Waals surface area contributed by atoms with E-state index in [2.05, 4.69) is 21.0 Å². The Kier molecular flexibility index (Phi) is 7.60. The summed E-state index contributed by atoms with van der Waals surface area (Å²) in [6.45, 7) is 0.214. The van der Waals surface area contributed by atoms with Gasteiger partial charge in [0.1, 0.15) is 5.69 Å². The first-order valence-electron chi connectivity index (χ1n) is 11.6. The van der Waals surface area contributed by atoms with Crippen molar-refractivity contribution in [1.82, 2.24) is 9.61 Å². The van der Waals surface area contributed by atoms with Crippen LogP contribution in [0.3, 0.4) is 0 Å². The minimum atomic E-state index is -2.54. The molecule has 4 aromatic rings. The van der Waals surface area contributed by atoms with Crippen molar-refractivity contribution in [3.63, 3.8) is 0 Å². The number of fused-ring (bicyclic) bond motifs is 1. The van der Waals surface area contributed by atoms with Gasteiger partial charge in [0.25, 0.3) is 5.91 Å². The van der Waals surface area contributed by atoms with Gasteiger partial charge in [-0.3, -0.25) is 9.00 Å². The number of carbonyl (C=O) groups is 1. The third-order valence-corrected chi connectivity index (χ3v) is 8.66. The summed E-state index contributed by atoms with van der Waals surface area (Å²) < 4.78 is 28.5. The van der Waals surface area contributed by atoms with Crippen molar-refractivity contribution in [2.75, 3.05) is 10.8 Å².